The van der Waals surface area contributed by atoms with Crippen LogP contribution in [0.5, 0.6) is 0 Å². The monoisotopic (exact) mass is 921 g/mol. The summed E-state index contributed by atoms with van der Waals surface area (Å²) in [7, 11) is 0. The predicted octanol–water partition coefficient (Wildman–Crippen LogP) is 18.6. The van der Waals surface area contributed by atoms with E-state index in [9.17, 15) is 14.4 Å². The average molecular weight is 921 g/mol. The number of hydrogen-bond donors (Lipinski definition) is 0. The Balaban J connectivity index is 4.38. The Kier molecular flexibility index (Phi) is 51.9. The molecular formula is C60H104O6. The SMILES string of the molecule is CC/C=C\C/C=C\C/C=C\CCCCCCCCCCCC(=O)OCC(COC(=O)CCCCCCCCCCCCC)OC(=O)CCCCCCC\C=C/C=C\C=C/CCCCCCC. The summed E-state index contributed by atoms with van der Waals surface area (Å²) in [5, 5.41) is 0. The molecule has 6 nitrogen and oxygen atoms in total. The topological polar surface area (TPSA) is 78.9 Å². The molecule has 0 fully saturated rings. The Hall–Kier alpha value is -3.15. The molecule has 0 radical (unpaired) electrons. The lowest BCUT2D eigenvalue weighted by Gasteiger charge is -2.18. The first-order valence-electron chi connectivity index (χ1n) is 28.0. The molecule has 1 atom stereocenters. The zero-order valence-corrected chi connectivity index (χ0v) is 43.4. The van der Waals surface area contributed by atoms with Crippen molar-refractivity contribution >= 4 is 17.9 Å². The molecule has 0 aliphatic carbocycles. The van der Waals surface area contributed by atoms with Crippen LogP contribution >= 0.6 is 0 Å². The van der Waals surface area contributed by atoms with Gasteiger partial charge in [0, 0.05) is 19.3 Å². The van der Waals surface area contributed by atoms with Gasteiger partial charge in [0.15, 0.2) is 6.10 Å². The Labute approximate surface area is 408 Å². The second kappa shape index (κ2) is 54.5. The van der Waals surface area contributed by atoms with Crippen LogP contribution < -0.4 is 0 Å². The molecule has 0 aromatic rings. The van der Waals surface area contributed by atoms with E-state index in [0.717, 1.165) is 103 Å². The number of allylic oxidation sites excluding steroid dienone is 12. The number of rotatable bonds is 50. The van der Waals surface area contributed by atoms with Gasteiger partial charge in [-0.25, -0.2) is 0 Å². The highest BCUT2D eigenvalue weighted by atomic mass is 16.6. The average Bonchev–Trinajstić information content (AvgIpc) is 3.31. The van der Waals surface area contributed by atoms with Crippen LogP contribution in [0.1, 0.15) is 271 Å². The minimum Gasteiger partial charge on any atom is -0.462 e. The second-order valence-corrected chi connectivity index (χ2v) is 18.5. The van der Waals surface area contributed by atoms with E-state index >= 15 is 0 Å². The van der Waals surface area contributed by atoms with Gasteiger partial charge in [-0.3, -0.25) is 14.4 Å². The fourth-order valence-corrected chi connectivity index (χ4v) is 7.81. The molecule has 0 saturated carbocycles. The highest BCUT2D eigenvalue weighted by Crippen LogP contribution is 2.15. The number of carbonyl (C=O) groups is 3. The summed E-state index contributed by atoms with van der Waals surface area (Å²) in [4.78, 5) is 38.1. The van der Waals surface area contributed by atoms with Crippen LogP contribution in [0.15, 0.2) is 72.9 Å². The zero-order valence-electron chi connectivity index (χ0n) is 43.4. The minimum atomic E-state index is -0.786. The maximum Gasteiger partial charge on any atom is 0.306 e. The van der Waals surface area contributed by atoms with Crippen LogP contribution in [0.25, 0.3) is 0 Å². The highest BCUT2D eigenvalue weighted by molar-refractivity contribution is 5.71. The summed E-state index contributed by atoms with van der Waals surface area (Å²) in [6.45, 7) is 6.50. The zero-order chi connectivity index (χ0) is 47.9. The lowest BCUT2D eigenvalue weighted by Crippen LogP contribution is -2.30. The molecule has 0 N–H and O–H groups in total. The van der Waals surface area contributed by atoms with Crippen molar-refractivity contribution in [3.8, 4) is 0 Å². The summed E-state index contributed by atoms with van der Waals surface area (Å²) >= 11 is 0. The van der Waals surface area contributed by atoms with Gasteiger partial charge in [0.25, 0.3) is 0 Å². The third-order valence-electron chi connectivity index (χ3n) is 12.0. The number of unbranched alkanes of at least 4 members (excludes halogenated alkanes) is 29. The van der Waals surface area contributed by atoms with Gasteiger partial charge in [-0.1, -0.05) is 248 Å². The fourth-order valence-electron chi connectivity index (χ4n) is 7.81. The molecule has 0 aliphatic heterocycles. The number of hydrogen-bond acceptors (Lipinski definition) is 6. The molecular weight excluding hydrogens is 817 g/mol. The molecule has 66 heavy (non-hydrogen) atoms. The van der Waals surface area contributed by atoms with Gasteiger partial charge in [0.05, 0.1) is 0 Å². The van der Waals surface area contributed by atoms with Gasteiger partial charge in [-0.2, -0.15) is 0 Å². The molecule has 1 unspecified atom stereocenters. The van der Waals surface area contributed by atoms with Crippen LogP contribution in [-0.4, -0.2) is 37.2 Å². The standard InChI is InChI=1S/C60H104O6/c1-4-7-10-13-16-19-22-24-26-28-30-32-33-35-38-41-44-47-50-53-59(62)65-56-57(55-64-58(61)52-49-46-43-40-37-21-18-15-12-9-6-3)66-60(63)54-51-48-45-42-39-36-34-31-29-27-25-23-20-17-14-11-8-5-2/h7,10,16,19,23-27,29,31,34,57H,4-6,8-9,11-15,17-18,20-22,28,30,32-33,35-56H2,1-3H3/b10-7-,19-16-,25-23-,26-24-,29-27-,34-31-. The summed E-state index contributed by atoms with van der Waals surface area (Å²) in [6, 6.07) is 0. The van der Waals surface area contributed by atoms with Crippen molar-refractivity contribution in [2.75, 3.05) is 13.2 Å². The third kappa shape index (κ3) is 51.8. The van der Waals surface area contributed by atoms with E-state index in [1.165, 1.54) is 128 Å². The first kappa shape index (κ1) is 62.8. The van der Waals surface area contributed by atoms with E-state index in [1.807, 2.05) is 0 Å². The predicted molar refractivity (Wildman–Crippen MR) is 284 cm³/mol. The van der Waals surface area contributed by atoms with E-state index in [1.54, 1.807) is 0 Å². The molecule has 0 amide bonds. The van der Waals surface area contributed by atoms with Crippen molar-refractivity contribution in [1.29, 1.82) is 0 Å². The fraction of sp³-hybridized carbons (Fsp3) is 0.750. The summed E-state index contributed by atoms with van der Waals surface area (Å²) in [5.41, 5.74) is 0. The molecule has 6 heteroatoms. The van der Waals surface area contributed by atoms with Crippen molar-refractivity contribution in [3.05, 3.63) is 72.9 Å². The quantitative estimate of drug-likeness (QED) is 0.0199. The van der Waals surface area contributed by atoms with Gasteiger partial charge in [0.1, 0.15) is 13.2 Å². The molecule has 0 bridgehead atoms. The van der Waals surface area contributed by atoms with Gasteiger partial charge in [-0.05, 0) is 77.0 Å². The molecule has 0 saturated heterocycles. The largest absolute Gasteiger partial charge is 0.462 e. The second-order valence-electron chi connectivity index (χ2n) is 18.5. The molecule has 0 aromatic carbocycles. The smallest absolute Gasteiger partial charge is 0.306 e. The maximum atomic E-state index is 12.8. The third-order valence-corrected chi connectivity index (χ3v) is 12.0. The van der Waals surface area contributed by atoms with E-state index in [2.05, 4.69) is 93.7 Å². The van der Waals surface area contributed by atoms with Crippen molar-refractivity contribution in [1.82, 2.24) is 0 Å². The lowest BCUT2D eigenvalue weighted by atomic mass is 10.1. The van der Waals surface area contributed by atoms with Crippen LogP contribution in [0.2, 0.25) is 0 Å². The van der Waals surface area contributed by atoms with Gasteiger partial charge >= 0.3 is 17.9 Å². The Morgan fingerprint density at radius 3 is 1.05 bits per heavy atom. The Morgan fingerprint density at radius 1 is 0.333 bits per heavy atom. The summed E-state index contributed by atoms with van der Waals surface area (Å²) in [6.07, 6.45) is 68.8. The molecule has 0 aliphatic rings. The summed E-state index contributed by atoms with van der Waals surface area (Å²) < 4.78 is 16.8. The minimum absolute atomic E-state index is 0.0836. The van der Waals surface area contributed by atoms with Gasteiger partial charge < -0.3 is 14.2 Å². The van der Waals surface area contributed by atoms with Crippen molar-refractivity contribution in [3.63, 3.8) is 0 Å². The maximum absolute atomic E-state index is 12.8. The normalized spacial score (nSPS) is 12.6. The van der Waals surface area contributed by atoms with Crippen molar-refractivity contribution in [2.24, 2.45) is 0 Å². The van der Waals surface area contributed by atoms with E-state index in [-0.39, 0.29) is 31.1 Å². The van der Waals surface area contributed by atoms with E-state index < -0.39 is 6.10 Å². The number of carbonyl (C=O) groups excluding carboxylic acids is 3. The van der Waals surface area contributed by atoms with Crippen molar-refractivity contribution in [2.45, 2.75) is 277 Å². The molecule has 0 heterocycles. The van der Waals surface area contributed by atoms with E-state index in [4.69, 9.17) is 14.2 Å². The first-order valence-corrected chi connectivity index (χ1v) is 28.0. The lowest BCUT2D eigenvalue weighted by molar-refractivity contribution is -0.167. The van der Waals surface area contributed by atoms with Crippen LogP contribution in [0.3, 0.4) is 0 Å². The molecule has 0 aromatic heterocycles. The Morgan fingerprint density at radius 2 is 0.652 bits per heavy atom. The number of ether oxygens (including phenoxy) is 3. The van der Waals surface area contributed by atoms with Crippen LogP contribution in [0, 0.1) is 0 Å². The van der Waals surface area contributed by atoms with E-state index in [0.29, 0.717) is 19.3 Å². The molecule has 0 spiro atoms. The molecule has 380 valence electrons. The van der Waals surface area contributed by atoms with Crippen LogP contribution in [0.4, 0.5) is 0 Å². The van der Waals surface area contributed by atoms with Crippen LogP contribution in [-0.2, 0) is 28.6 Å². The molecule has 0 rings (SSSR count). The first-order chi connectivity index (χ1) is 32.5. The van der Waals surface area contributed by atoms with Gasteiger partial charge in [0.2, 0.25) is 0 Å². The summed E-state index contributed by atoms with van der Waals surface area (Å²) in [5.74, 6) is -0.903. The highest BCUT2D eigenvalue weighted by Gasteiger charge is 2.19. The Bertz CT molecular complexity index is 1240. The van der Waals surface area contributed by atoms with Crippen molar-refractivity contribution < 1.29 is 28.6 Å². The van der Waals surface area contributed by atoms with Gasteiger partial charge in [-0.15, -0.1) is 0 Å². The number of esters is 3.